The molecule has 31 heavy (non-hydrogen) atoms. The van der Waals surface area contributed by atoms with E-state index in [0.717, 1.165) is 22.2 Å². The van der Waals surface area contributed by atoms with Crippen molar-refractivity contribution in [3.63, 3.8) is 0 Å². The van der Waals surface area contributed by atoms with E-state index in [1.54, 1.807) is 17.0 Å². The molecule has 1 aromatic heterocycles. The summed E-state index contributed by atoms with van der Waals surface area (Å²) in [4.78, 5) is 32.2. The molecule has 0 fully saturated rings. The summed E-state index contributed by atoms with van der Waals surface area (Å²) in [5.74, 6) is 0.663. The second-order valence-corrected chi connectivity index (χ2v) is 7.40. The monoisotopic (exact) mass is 413 g/mol. The Morgan fingerprint density at radius 1 is 1.10 bits per heavy atom. The summed E-state index contributed by atoms with van der Waals surface area (Å²) in [7, 11) is 0. The Kier molecular flexibility index (Phi) is 4.59. The normalized spacial score (nSPS) is 15.8. The number of aromatic nitrogens is 1. The molecule has 0 bridgehead atoms. The van der Waals surface area contributed by atoms with Crippen LogP contribution in [0.25, 0.3) is 10.9 Å². The van der Waals surface area contributed by atoms with Crippen molar-refractivity contribution in [2.45, 2.75) is 6.54 Å². The van der Waals surface area contributed by atoms with Crippen molar-refractivity contribution < 1.29 is 9.72 Å². The van der Waals surface area contributed by atoms with E-state index in [4.69, 9.17) is 4.98 Å². The molecule has 8 heteroatoms. The van der Waals surface area contributed by atoms with Gasteiger partial charge in [0, 0.05) is 29.6 Å². The Labute approximate surface area is 178 Å². The predicted octanol–water partition coefficient (Wildman–Crippen LogP) is 3.96. The lowest BCUT2D eigenvalue weighted by Gasteiger charge is -2.39. The van der Waals surface area contributed by atoms with E-state index in [1.165, 1.54) is 17.0 Å². The van der Waals surface area contributed by atoms with Gasteiger partial charge in [0.05, 0.1) is 34.9 Å². The fourth-order valence-electron chi connectivity index (χ4n) is 3.91. The third-order valence-corrected chi connectivity index (χ3v) is 5.36. The summed E-state index contributed by atoms with van der Waals surface area (Å²) in [6.07, 6.45) is 3.98. The summed E-state index contributed by atoms with van der Waals surface area (Å²) in [6, 6.07) is 17.6. The standard InChI is InChI=1S/C23H19N5O3/c29-23-26(15-18-11-10-16-5-1-2-9-21(16)25-18)14-17-6-4-12-24-22(17)27(23)19-7-3-8-20(13-19)28(30)31/h1-11,13,24H,12,14-15H2. The van der Waals surface area contributed by atoms with E-state index in [1.807, 2.05) is 48.6 Å². The molecule has 5 rings (SSSR count). The van der Waals surface area contributed by atoms with E-state index in [0.29, 0.717) is 31.1 Å². The minimum atomic E-state index is -0.460. The van der Waals surface area contributed by atoms with Gasteiger partial charge in [0.2, 0.25) is 0 Å². The van der Waals surface area contributed by atoms with E-state index >= 15 is 0 Å². The molecule has 8 nitrogen and oxygen atoms in total. The number of carbonyl (C=O) groups is 1. The number of dihydropyridines is 1. The lowest BCUT2D eigenvalue weighted by atomic mass is 10.1. The minimum Gasteiger partial charge on any atom is -0.367 e. The number of non-ortho nitro benzene ring substituents is 1. The molecule has 0 spiro atoms. The van der Waals surface area contributed by atoms with Gasteiger partial charge in [-0.15, -0.1) is 0 Å². The second kappa shape index (κ2) is 7.56. The number of nitrogens with one attached hydrogen (secondary N) is 1. The molecule has 0 saturated heterocycles. The number of pyridine rings is 1. The first kappa shape index (κ1) is 18.8. The van der Waals surface area contributed by atoms with E-state index in [2.05, 4.69) is 5.32 Å². The molecule has 2 aromatic carbocycles. The lowest BCUT2D eigenvalue weighted by molar-refractivity contribution is -0.384. The maximum absolute atomic E-state index is 13.5. The highest BCUT2D eigenvalue weighted by atomic mass is 16.6. The highest BCUT2D eigenvalue weighted by molar-refractivity contribution is 5.97. The fourth-order valence-corrected chi connectivity index (χ4v) is 3.91. The highest BCUT2D eigenvalue weighted by Gasteiger charge is 2.34. The smallest absolute Gasteiger partial charge is 0.330 e. The quantitative estimate of drug-likeness (QED) is 0.516. The Morgan fingerprint density at radius 2 is 1.97 bits per heavy atom. The van der Waals surface area contributed by atoms with Crippen LogP contribution >= 0.6 is 0 Å². The first-order chi connectivity index (χ1) is 15.1. The summed E-state index contributed by atoms with van der Waals surface area (Å²) in [5.41, 5.74) is 2.98. The molecule has 2 aliphatic rings. The van der Waals surface area contributed by atoms with Crippen LogP contribution in [-0.2, 0) is 6.54 Å². The van der Waals surface area contributed by atoms with Crippen molar-refractivity contribution in [1.82, 2.24) is 15.2 Å². The summed E-state index contributed by atoms with van der Waals surface area (Å²) in [5, 5.41) is 15.5. The summed E-state index contributed by atoms with van der Waals surface area (Å²) >= 11 is 0. The third kappa shape index (κ3) is 3.48. The van der Waals surface area contributed by atoms with Crippen LogP contribution in [0.5, 0.6) is 0 Å². The van der Waals surface area contributed by atoms with Crippen molar-refractivity contribution in [1.29, 1.82) is 0 Å². The molecule has 2 aliphatic heterocycles. The topological polar surface area (TPSA) is 91.6 Å². The van der Waals surface area contributed by atoms with Crippen LogP contribution in [0.1, 0.15) is 5.69 Å². The van der Waals surface area contributed by atoms with Gasteiger partial charge in [0.25, 0.3) is 5.69 Å². The largest absolute Gasteiger partial charge is 0.367 e. The van der Waals surface area contributed by atoms with Gasteiger partial charge >= 0.3 is 6.03 Å². The molecule has 0 unspecified atom stereocenters. The molecule has 1 N–H and O–H groups in total. The zero-order chi connectivity index (χ0) is 21.4. The van der Waals surface area contributed by atoms with Crippen molar-refractivity contribution in [3.05, 3.63) is 100 Å². The van der Waals surface area contributed by atoms with Gasteiger partial charge in [-0.05, 0) is 18.2 Å². The van der Waals surface area contributed by atoms with Crippen LogP contribution in [0, 0.1) is 10.1 Å². The molecule has 0 saturated carbocycles. The third-order valence-electron chi connectivity index (χ3n) is 5.36. The van der Waals surface area contributed by atoms with E-state index in [9.17, 15) is 14.9 Å². The zero-order valence-corrected chi connectivity index (χ0v) is 16.6. The van der Waals surface area contributed by atoms with Crippen molar-refractivity contribution >= 4 is 28.3 Å². The van der Waals surface area contributed by atoms with Crippen molar-refractivity contribution in [2.24, 2.45) is 0 Å². The van der Waals surface area contributed by atoms with Gasteiger partial charge in [-0.25, -0.2) is 9.69 Å². The predicted molar refractivity (Wildman–Crippen MR) is 117 cm³/mol. The number of hydrogen-bond donors (Lipinski definition) is 1. The number of fused-ring (bicyclic) bond motifs is 1. The Bertz CT molecular complexity index is 1270. The molecule has 0 atom stereocenters. The number of nitro groups is 1. The maximum Gasteiger partial charge on any atom is 0.330 e. The Morgan fingerprint density at radius 3 is 2.84 bits per heavy atom. The summed E-state index contributed by atoms with van der Waals surface area (Å²) < 4.78 is 0. The number of carbonyl (C=O) groups excluding carboxylic acids is 1. The number of amides is 2. The number of urea groups is 1. The number of benzene rings is 2. The Balaban J connectivity index is 1.52. The fraction of sp³-hybridized carbons (Fsp3) is 0.130. The number of rotatable bonds is 4. The number of nitro benzene ring substituents is 1. The van der Waals surface area contributed by atoms with Crippen molar-refractivity contribution in [3.8, 4) is 0 Å². The van der Waals surface area contributed by atoms with Crippen LogP contribution in [-0.4, -0.2) is 33.9 Å². The first-order valence-electron chi connectivity index (χ1n) is 9.92. The van der Waals surface area contributed by atoms with Gasteiger partial charge in [0.1, 0.15) is 5.82 Å². The van der Waals surface area contributed by atoms with Gasteiger partial charge in [-0.1, -0.05) is 42.5 Å². The molecule has 2 amide bonds. The maximum atomic E-state index is 13.5. The number of para-hydroxylation sites is 1. The van der Waals surface area contributed by atoms with Crippen LogP contribution < -0.4 is 10.2 Å². The van der Waals surface area contributed by atoms with Gasteiger partial charge < -0.3 is 10.2 Å². The zero-order valence-electron chi connectivity index (χ0n) is 16.6. The summed E-state index contributed by atoms with van der Waals surface area (Å²) in [6.45, 7) is 1.35. The number of hydrogen-bond acceptors (Lipinski definition) is 5. The van der Waals surface area contributed by atoms with Crippen LogP contribution in [0.2, 0.25) is 0 Å². The molecular formula is C23H19N5O3. The minimum absolute atomic E-state index is 0.0629. The Hall–Kier alpha value is -4.20. The van der Waals surface area contributed by atoms with Crippen LogP contribution in [0.15, 0.2) is 84.2 Å². The molecule has 3 aromatic rings. The van der Waals surface area contributed by atoms with Crippen LogP contribution in [0.4, 0.5) is 16.2 Å². The molecule has 0 radical (unpaired) electrons. The number of nitrogens with zero attached hydrogens (tertiary/aromatic N) is 4. The SMILES string of the molecule is O=C1N(Cc2ccc3ccccc3n2)CC2=C(NCC=C2)N1c1cccc([N+](=O)[O-])c1. The van der Waals surface area contributed by atoms with E-state index < -0.39 is 4.92 Å². The second-order valence-electron chi connectivity index (χ2n) is 7.40. The van der Waals surface area contributed by atoms with E-state index in [-0.39, 0.29) is 11.7 Å². The van der Waals surface area contributed by atoms with Gasteiger partial charge in [0.15, 0.2) is 0 Å². The average Bonchev–Trinajstić information content (AvgIpc) is 2.79. The van der Waals surface area contributed by atoms with Gasteiger partial charge in [-0.2, -0.15) is 0 Å². The molecular weight excluding hydrogens is 394 g/mol. The lowest BCUT2D eigenvalue weighted by Crippen LogP contribution is -2.52. The number of anilines is 1. The van der Waals surface area contributed by atoms with Gasteiger partial charge in [-0.3, -0.25) is 15.1 Å². The average molecular weight is 413 g/mol. The molecule has 3 heterocycles. The molecule has 0 aliphatic carbocycles. The van der Waals surface area contributed by atoms with Crippen LogP contribution in [0.3, 0.4) is 0 Å². The first-order valence-corrected chi connectivity index (χ1v) is 9.92. The molecule has 154 valence electrons. The highest BCUT2D eigenvalue weighted by Crippen LogP contribution is 2.31. The van der Waals surface area contributed by atoms with Crippen molar-refractivity contribution in [2.75, 3.05) is 18.0 Å².